The van der Waals surface area contributed by atoms with Crippen LogP contribution in [0.4, 0.5) is 13.2 Å². The zero-order valence-corrected chi connectivity index (χ0v) is 16.9. The van der Waals surface area contributed by atoms with Gasteiger partial charge in [0.25, 0.3) is 0 Å². The summed E-state index contributed by atoms with van der Waals surface area (Å²) in [6, 6.07) is 17.4. The van der Waals surface area contributed by atoms with Gasteiger partial charge < -0.3 is 9.73 Å². The van der Waals surface area contributed by atoms with Gasteiger partial charge in [-0.15, -0.1) is 11.3 Å². The van der Waals surface area contributed by atoms with E-state index in [1.165, 1.54) is 23.5 Å². The molecule has 31 heavy (non-hydrogen) atoms. The average Bonchev–Trinajstić information content (AvgIpc) is 3.45. The molecule has 4 nitrogen and oxygen atoms in total. The zero-order valence-electron chi connectivity index (χ0n) is 16.1. The largest absolute Gasteiger partial charge is 0.467 e. The minimum absolute atomic E-state index is 0.0428. The summed E-state index contributed by atoms with van der Waals surface area (Å²) in [5, 5.41) is 5.25. The molecule has 8 heteroatoms. The monoisotopic (exact) mass is 442 g/mol. The number of rotatable bonds is 6. The van der Waals surface area contributed by atoms with E-state index in [2.05, 4.69) is 10.3 Å². The molecule has 2 aromatic heterocycles. The Morgan fingerprint density at radius 2 is 1.77 bits per heavy atom. The minimum Gasteiger partial charge on any atom is -0.467 e. The first-order valence-electron chi connectivity index (χ1n) is 9.40. The van der Waals surface area contributed by atoms with E-state index >= 15 is 0 Å². The molecule has 0 spiro atoms. The number of carbonyl (C=O) groups excluding carboxylic acids is 1. The number of halogens is 3. The number of furan rings is 1. The molecule has 1 unspecified atom stereocenters. The number of benzene rings is 2. The van der Waals surface area contributed by atoms with Crippen molar-refractivity contribution in [2.24, 2.45) is 0 Å². The lowest BCUT2D eigenvalue weighted by Gasteiger charge is -2.17. The van der Waals surface area contributed by atoms with Crippen LogP contribution in [0.15, 0.2) is 82.8 Å². The van der Waals surface area contributed by atoms with Gasteiger partial charge in [-0.05, 0) is 29.8 Å². The Morgan fingerprint density at radius 1 is 1.03 bits per heavy atom. The predicted octanol–water partition coefficient (Wildman–Crippen LogP) is 5.87. The van der Waals surface area contributed by atoms with Gasteiger partial charge in [-0.1, -0.05) is 42.5 Å². The Bertz CT molecular complexity index is 1140. The number of aromatic nitrogens is 1. The van der Waals surface area contributed by atoms with Gasteiger partial charge in [0.15, 0.2) is 0 Å². The third-order valence-electron chi connectivity index (χ3n) is 4.62. The Hall–Kier alpha value is -3.39. The molecule has 0 radical (unpaired) electrons. The van der Waals surface area contributed by atoms with Crippen LogP contribution >= 0.6 is 11.3 Å². The number of hydrogen-bond donors (Lipinski definition) is 1. The van der Waals surface area contributed by atoms with E-state index in [-0.39, 0.29) is 12.3 Å². The van der Waals surface area contributed by atoms with E-state index in [9.17, 15) is 18.0 Å². The van der Waals surface area contributed by atoms with Crippen LogP contribution in [0.2, 0.25) is 0 Å². The molecule has 0 aliphatic rings. The van der Waals surface area contributed by atoms with Crippen molar-refractivity contribution >= 4 is 17.2 Å². The minimum atomic E-state index is -4.38. The van der Waals surface area contributed by atoms with Crippen LogP contribution < -0.4 is 5.32 Å². The third kappa shape index (κ3) is 5.03. The SMILES string of the molecule is O=C(Cc1csc(-c2ccc(C(F)(F)F)cc2)n1)NC(c1ccccc1)c1ccco1. The standard InChI is InChI=1S/C23H17F3N2O2S/c24-23(25,26)17-10-8-16(9-11-17)22-27-18(14-31-22)13-20(29)28-21(19-7-4-12-30-19)15-5-2-1-3-6-15/h1-12,14,21H,13H2,(H,28,29). The summed E-state index contributed by atoms with van der Waals surface area (Å²) in [5.41, 5.74) is 1.29. The molecule has 2 heterocycles. The maximum atomic E-state index is 12.7. The molecule has 1 amide bonds. The van der Waals surface area contributed by atoms with Crippen molar-refractivity contribution < 1.29 is 22.4 Å². The molecule has 0 fully saturated rings. The Balaban J connectivity index is 1.46. The summed E-state index contributed by atoms with van der Waals surface area (Å²) in [6.07, 6.45) is -2.79. The van der Waals surface area contributed by atoms with Crippen molar-refractivity contribution in [1.29, 1.82) is 0 Å². The first-order chi connectivity index (χ1) is 14.9. The Morgan fingerprint density at radius 3 is 2.42 bits per heavy atom. The second-order valence-corrected chi connectivity index (χ2v) is 7.68. The van der Waals surface area contributed by atoms with Gasteiger partial charge in [0.05, 0.1) is 23.9 Å². The molecule has 4 aromatic rings. The summed E-state index contributed by atoms with van der Waals surface area (Å²) in [7, 11) is 0. The molecule has 158 valence electrons. The zero-order chi connectivity index (χ0) is 21.8. The molecule has 0 saturated carbocycles. The van der Waals surface area contributed by atoms with Crippen molar-refractivity contribution in [1.82, 2.24) is 10.3 Å². The summed E-state index contributed by atoms with van der Waals surface area (Å²) in [5.74, 6) is 0.373. The first kappa shape index (κ1) is 20.9. The van der Waals surface area contributed by atoms with Gasteiger partial charge in [-0.25, -0.2) is 4.98 Å². The van der Waals surface area contributed by atoms with Crippen LogP contribution in [0.1, 0.15) is 28.6 Å². The number of alkyl halides is 3. The maximum absolute atomic E-state index is 12.7. The molecule has 0 saturated heterocycles. The number of nitrogens with zero attached hydrogens (tertiary/aromatic N) is 1. The second-order valence-electron chi connectivity index (χ2n) is 6.82. The molecule has 0 bridgehead atoms. The molecule has 1 atom stereocenters. The second kappa shape index (κ2) is 8.77. The van der Waals surface area contributed by atoms with E-state index in [4.69, 9.17) is 4.42 Å². The highest BCUT2D eigenvalue weighted by Gasteiger charge is 2.30. The third-order valence-corrected chi connectivity index (χ3v) is 5.56. The number of nitrogens with one attached hydrogen (secondary N) is 1. The normalized spacial score (nSPS) is 12.5. The van der Waals surface area contributed by atoms with Gasteiger partial charge in [-0.2, -0.15) is 13.2 Å². The molecule has 4 rings (SSSR count). The van der Waals surface area contributed by atoms with Crippen LogP contribution in [-0.2, 0) is 17.4 Å². The summed E-state index contributed by atoms with van der Waals surface area (Å²) < 4.78 is 43.7. The summed E-state index contributed by atoms with van der Waals surface area (Å²) in [4.78, 5) is 17.1. The fraction of sp³-hybridized carbons (Fsp3) is 0.130. The molecule has 1 N–H and O–H groups in total. The van der Waals surface area contributed by atoms with Gasteiger partial charge in [0, 0.05) is 10.9 Å². The molecule has 0 aliphatic carbocycles. The molecular formula is C23H17F3N2O2S. The van der Waals surface area contributed by atoms with Crippen molar-refractivity contribution in [2.45, 2.75) is 18.6 Å². The van der Waals surface area contributed by atoms with Crippen LogP contribution in [0.5, 0.6) is 0 Å². The van der Waals surface area contributed by atoms with Crippen LogP contribution in [0.3, 0.4) is 0 Å². The quantitative estimate of drug-likeness (QED) is 0.406. The van der Waals surface area contributed by atoms with E-state index in [1.807, 2.05) is 30.3 Å². The summed E-state index contributed by atoms with van der Waals surface area (Å²) in [6.45, 7) is 0. The lowest BCUT2D eigenvalue weighted by Crippen LogP contribution is -2.30. The molecule has 2 aromatic carbocycles. The Labute approximate surface area is 180 Å². The van der Waals surface area contributed by atoms with Gasteiger partial charge in [0.2, 0.25) is 5.91 Å². The topological polar surface area (TPSA) is 55.1 Å². The van der Waals surface area contributed by atoms with Crippen molar-refractivity contribution in [3.8, 4) is 10.6 Å². The smallest absolute Gasteiger partial charge is 0.416 e. The molecular weight excluding hydrogens is 425 g/mol. The van der Waals surface area contributed by atoms with E-state index in [0.29, 0.717) is 22.0 Å². The lowest BCUT2D eigenvalue weighted by atomic mass is 10.0. The van der Waals surface area contributed by atoms with Crippen molar-refractivity contribution in [2.75, 3.05) is 0 Å². The van der Waals surface area contributed by atoms with E-state index in [1.54, 1.807) is 23.8 Å². The maximum Gasteiger partial charge on any atom is 0.416 e. The highest BCUT2D eigenvalue weighted by Crippen LogP contribution is 2.32. The van der Waals surface area contributed by atoms with Crippen molar-refractivity contribution in [3.05, 3.63) is 101 Å². The van der Waals surface area contributed by atoms with Gasteiger partial charge in [0.1, 0.15) is 16.8 Å². The fourth-order valence-corrected chi connectivity index (χ4v) is 3.94. The number of thiazole rings is 1. The van der Waals surface area contributed by atoms with Gasteiger partial charge >= 0.3 is 6.18 Å². The number of hydrogen-bond acceptors (Lipinski definition) is 4. The summed E-state index contributed by atoms with van der Waals surface area (Å²) >= 11 is 1.28. The fourth-order valence-electron chi connectivity index (χ4n) is 3.12. The van der Waals surface area contributed by atoms with Crippen LogP contribution in [0, 0.1) is 0 Å². The first-order valence-corrected chi connectivity index (χ1v) is 10.3. The van der Waals surface area contributed by atoms with Crippen molar-refractivity contribution in [3.63, 3.8) is 0 Å². The Kier molecular flexibility index (Phi) is 5.90. The highest BCUT2D eigenvalue weighted by atomic mass is 32.1. The van der Waals surface area contributed by atoms with E-state index < -0.39 is 17.8 Å². The van der Waals surface area contributed by atoms with Gasteiger partial charge in [-0.3, -0.25) is 4.79 Å². The molecule has 0 aliphatic heterocycles. The van der Waals surface area contributed by atoms with Crippen LogP contribution in [0.25, 0.3) is 10.6 Å². The predicted molar refractivity (Wildman–Crippen MR) is 111 cm³/mol. The van der Waals surface area contributed by atoms with E-state index in [0.717, 1.165) is 17.7 Å². The number of amides is 1. The number of carbonyl (C=O) groups is 1. The average molecular weight is 442 g/mol. The lowest BCUT2D eigenvalue weighted by molar-refractivity contribution is -0.137. The van der Waals surface area contributed by atoms with Crippen LogP contribution in [-0.4, -0.2) is 10.9 Å². The highest BCUT2D eigenvalue weighted by molar-refractivity contribution is 7.13.